The molecule has 1 aliphatic heterocycles. The van der Waals surface area contributed by atoms with Gasteiger partial charge in [-0.2, -0.15) is 0 Å². The number of carbonyl (C=O) groups is 2. The highest BCUT2D eigenvalue weighted by Crippen LogP contribution is 2.36. The van der Waals surface area contributed by atoms with E-state index in [4.69, 9.17) is 0 Å². The molecule has 5 nitrogen and oxygen atoms in total. The van der Waals surface area contributed by atoms with E-state index in [1.165, 1.54) is 32.1 Å². The largest absolute Gasteiger partial charge is 0.346 e. The number of para-hydroxylation sites is 1. The molecule has 27 heavy (non-hydrogen) atoms. The predicted octanol–water partition coefficient (Wildman–Crippen LogP) is 3.26. The standard InChI is InChI=1S/C22H33N3O2/c1-15-7-6-8-16(2)21(15)24-20(26)13-23-22(27)17(3)25-12-11-18-9-4-5-10-19(18)14-25/h6-8,17-19H,4-5,9-14H2,1-3H3,(H,23,27)(H,24,26)/t17-,18+,19-/m1/s1. The summed E-state index contributed by atoms with van der Waals surface area (Å²) in [6, 6.07) is 5.73. The van der Waals surface area contributed by atoms with E-state index >= 15 is 0 Å². The molecule has 3 rings (SSSR count). The van der Waals surface area contributed by atoms with Gasteiger partial charge in [0, 0.05) is 12.2 Å². The minimum absolute atomic E-state index is 0.0108. The Balaban J connectivity index is 1.47. The summed E-state index contributed by atoms with van der Waals surface area (Å²) in [6.07, 6.45) is 6.56. The van der Waals surface area contributed by atoms with Crippen LogP contribution < -0.4 is 10.6 Å². The van der Waals surface area contributed by atoms with Crippen LogP contribution in [0.3, 0.4) is 0 Å². The Morgan fingerprint density at radius 2 is 1.78 bits per heavy atom. The summed E-state index contributed by atoms with van der Waals surface area (Å²) in [4.78, 5) is 27.1. The molecule has 3 atom stereocenters. The van der Waals surface area contributed by atoms with Gasteiger partial charge in [-0.1, -0.05) is 37.5 Å². The molecule has 2 aliphatic rings. The highest BCUT2D eigenvalue weighted by atomic mass is 16.2. The van der Waals surface area contributed by atoms with Crippen molar-refractivity contribution in [3.63, 3.8) is 0 Å². The van der Waals surface area contributed by atoms with Crippen molar-refractivity contribution < 1.29 is 9.59 Å². The Hall–Kier alpha value is -1.88. The van der Waals surface area contributed by atoms with E-state index in [1.54, 1.807) is 0 Å². The van der Waals surface area contributed by atoms with Gasteiger partial charge >= 0.3 is 0 Å². The molecule has 2 N–H and O–H groups in total. The van der Waals surface area contributed by atoms with E-state index in [0.717, 1.165) is 41.7 Å². The molecule has 1 heterocycles. The first-order chi connectivity index (χ1) is 13.0. The number of nitrogens with zero attached hydrogens (tertiary/aromatic N) is 1. The van der Waals surface area contributed by atoms with Crippen LogP contribution in [0, 0.1) is 25.7 Å². The Morgan fingerprint density at radius 3 is 2.48 bits per heavy atom. The van der Waals surface area contributed by atoms with Crippen molar-refractivity contribution in [1.82, 2.24) is 10.2 Å². The number of piperidine rings is 1. The second kappa shape index (κ2) is 8.87. The first kappa shape index (κ1) is 19.9. The molecule has 1 aromatic rings. The quantitative estimate of drug-likeness (QED) is 0.835. The summed E-state index contributed by atoms with van der Waals surface area (Å²) in [5.74, 6) is 1.36. The molecule has 1 aromatic carbocycles. The van der Waals surface area contributed by atoms with Crippen LogP contribution in [0.25, 0.3) is 0 Å². The van der Waals surface area contributed by atoms with Crippen molar-refractivity contribution in [2.75, 3.05) is 25.0 Å². The summed E-state index contributed by atoms with van der Waals surface area (Å²) in [6.45, 7) is 7.92. The molecule has 1 aliphatic carbocycles. The van der Waals surface area contributed by atoms with Crippen LogP contribution in [0.5, 0.6) is 0 Å². The summed E-state index contributed by atoms with van der Waals surface area (Å²) < 4.78 is 0. The maximum absolute atomic E-state index is 12.6. The minimum atomic E-state index is -0.182. The van der Waals surface area contributed by atoms with Gasteiger partial charge in [0.25, 0.3) is 0 Å². The zero-order chi connectivity index (χ0) is 19.4. The van der Waals surface area contributed by atoms with Crippen molar-refractivity contribution in [3.8, 4) is 0 Å². The Bertz CT molecular complexity index is 668. The molecular formula is C22H33N3O2. The second-order valence-corrected chi connectivity index (χ2v) is 8.30. The van der Waals surface area contributed by atoms with Crippen molar-refractivity contribution in [2.24, 2.45) is 11.8 Å². The summed E-state index contributed by atoms with van der Waals surface area (Å²) in [7, 11) is 0. The van der Waals surface area contributed by atoms with Crippen LogP contribution in [0.15, 0.2) is 18.2 Å². The van der Waals surface area contributed by atoms with Gasteiger partial charge in [-0.3, -0.25) is 14.5 Å². The van der Waals surface area contributed by atoms with Gasteiger partial charge in [0.15, 0.2) is 0 Å². The number of nitrogens with one attached hydrogen (secondary N) is 2. The third-order valence-electron chi connectivity index (χ3n) is 6.42. The lowest BCUT2D eigenvalue weighted by atomic mass is 9.75. The van der Waals surface area contributed by atoms with E-state index in [1.807, 2.05) is 39.0 Å². The lowest BCUT2D eigenvalue weighted by Crippen LogP contribution is -2.52. The van der Waals surface area contributed by atoms with Gasteiger partial charge in [-0.25, -0.2) is 0 Å². The number of rotatable bonds is 5. The summed E-state index contributed by atoms with van der Waals surface area (Å²) >= 11 is 0. The molecule has 2 amide bonds. The number of likely N-dealkylation sites (tertiary alicyclic amines) is 1. The Morgan fingerprint density at radius 1 is 1.11 bits per heavy atom. The van der Waals surface area contributed by atoms with E-state index < -0.39 is 0 Å². The van der Waals surface area contributed by atoms with Crippen LogP contribution in [0.2, 0.25) is 0 Å². The third-order valence-corrected chi connectivity index (χ3v) is 6.42. The molecule has 148 valence electrons. The molecular weight excluding hydrogens is 338 g/mol. The summed E-state index contributed by atoms with van der Waals surface area (Å²) in [5, 5.41) is 5.74. The molecule has 2 fully saturated rings. The molecule has 0 spiro atoms. The Labute approximate surface area is 162 Å². The molecule has 5 heteroatoms. The fourth-order valence-electron chi connectivity index (χ4n) is 4.66. The van der Waals surface area contributed by atoms with Gasteiger partial charge < -0.3 is 10.6 Å². The fourth-order valence-corrected chi connectivity index (χ4v) is 4.66. The first-order valence-electron chi connectivity index (χ1n) is 10.3. The average Bonchev–Trinajstić information content (AvgIpc) is 2.68. The number of amides is 2. The van der Waals surface area contributed by atoms with Crippen LogP contribution in [0.1, 0.15) is 50.2 Å². The van der Waals surface area contributed by atoms with Crippen LogP contribution in [-0.4, -0.2) is 42.4 Å². The van der Waals surface area contributed by atoms with Crippen molar-refractivity contribution in [3.05, 3.63) is 29.3 Å². The molecule has 0 bridgehead atoms. The maximum atomic E-state index is 12.6. The zero-order valence-electron chi connectivity index (χ0n) is 16.9. The maximum Gasteiger partial charge on any atom is 0.243 e. The normalized spacial score (nSPS) is 24.0. The third kappa shape index (κ3) is 4.89. The van der Waals surface area contributed by atoms with E-state index in [-0.39, 0.29) is 24.4 Å². The first-order valence-corrected chi connectivity index (χ1v) is 10.3. The number of hydrogen-bond donors (Lipinski definition) is 2. The monoisotopic (exact) mass is 371 g/mol. The lowest BCUT2D eigenvalue weighted by Gasteiger charge is -2.43. The number of benzene rings is 1. The molecule has 0 unspecified atom stereocenters. The highest BCUT2D eigenvalue weighted by molar-refractivity contribution is 5.96. The number of anilines is 1. The topological polar surface area (TPSA) is 61.4 Å². The minimum Gasteiger partial charge on any atom is -0.346 e. The van der Waals surface area contributed by atoms with Crippen molar-refractivity contribution >= 4 is 17.5 Å². The number of aryl methyl sites for hydroxylation is 2. The molecule has 0 radical (unpaired) electrons. The second-order valence-electron chi connectivity index (χ2n) is 8.30. The SMILES string of the molecule is Cc1cccc(C)c1NC(=O)CNC(=O)[C@@H](C)N1CC[C@@H]2CCCC[C@@H]2C1. The van der Waals surface area contributed by atoms with Crippen LogP contribution >= 0.6 is 0 Å². The zero-order valence-corrected chi connectivity index (χ0v) is 16.9. The van der Waals surface area contributed by atoms with Gasteiger partial charge in [0.2, 0.25) is 11.8 Å². The van der Waals surface area contributed by atoms with Crippen molar-refractivity contribution in [1.29, 1.82) is 0 Å². The van der Waals surface area contributed by atoms with Crippen LogP contribution in [-0.2, 0) is 9.59 Å². The number of carbonyl (C=O) groups excluding carboxylic acids is 2. The van der Waals surface area contributed by atoms with Crippen LogP contribution in [0.4, 0.5) is 5.69 Å². The molecule has 1 saturated heterocycles. The van der Waals surface area contributed by atoms with E-state index in [0.29, 0.717) is 0 Å². The van der Waals surface area contributed by atoms with Gasteiger partial charge in [0.05, 0.1) is 12.6 Å². The number of fused-ring (bicyclic) bond motifs is 1. The van der Waals surface area contributed by atoms with Gasteiger partial charge in [0.1, 0.15) is 0 Å². The summed E-state index contributed by atoms with van der Waals surface area (Å²) in [5.41, 5.74) is 2.89. The van der Waals surface area contributed by atoms with E-state index in [2.05, 4.69) is 15.5 Å². The van der Waals surface area contributed by atoms with Crippen molar-refractivity contribution in [2.45, 2.75) is 58.9 Å². The molecule has 0 aromatic heterocycles. The average molecular weight is 372 g/mol. The smallest absolute Gasteiger partial charge is 0.243 e. The van der Waals surface area contributed by atoms with Gasteiger partial charge in [-0.15, -0.1) is 0 Å². The highest BCUT2D eigenvalue weighted by Gasteiger charge is 2.34. The lowest BCUT2D eigenvalue weighted by molar-refractivity contribution is -0.129. The van der Waals surface area contributed by atoms with Gasteiger partial charge in [-0.05, 0) is 63.1 Å². The number of hydrogen-bond acceptors (Lipinski definition) is 3. The van der Waals surface area contributed by atoms with E-state index in [9.17, 15) is 9.59 Å². The molecule has 1 saturated carbocycles. The predicted molar refractivity (Wildman–Crippen MR) is 109 cm³/mol. The Kier molecular flexibility index (Phi) is 6.53. The fraction of sp³-hybridized carbons (Fsp3) is 0.636.